The minimum Gasteiger partial charge on any atom is -0.481 e. The second-order valence-electron chi connectivity index (χ2n) is 5.85. The Morgan fingerprint density at radius 1 is 1.33 bits per heavy atom. The van der Waals surface area contributed by atoms with Gasteiger partial charge in [0.1, 0.15) is 0 Å². The van der Waals surface area contributed by atoms with Gasteiger partial charge in [-0.1, -0.05) is 6.42 Å². The van der Waals surface area contributed by atoms with E-state index in [9.17, 15) is 9.59 Å². The first-order valence-corrected chi connectivity index (χ1v) is 7.43. The molecule has 0 aromatic rings. The first-order chi connectivity index (χ1) is 10.0. The van der Waals surface area contributed by atoms with E-state index in [0.29, 0.717) is 25.7 Å². The fourth-order valence-electron chi connectivity index (χ4n) is 2.96. The van der Waals surface area contributed by atoms with Gasteiger partial charge in [-0.15, -0.1) is 12.3 Å². The molecule has 21 heavy (non-hydrogen) atoms. The van der Waals surface area contributed by atoms with Crippen LogP contribution in [-0.4, -0.2) is 28.7 Å². The number of nitrogens with one attached hydrogen (secondary N) is 1. The summed E-state index contributed by atoms with van der Waals surface area (Å²) in [5.41, 5.74) is -0.431. The minimum atomic E-state index is -0.801. The molecule has 0 bridgehead atoms. The number of hydrogen-bond donors (Lipinski definition) is 2. The van der Waals surface area contributed by atoms with E-state index in [2.05, 4.69) is 21.5 Å². The Morgan fingerprint density at radius 3 is 2.71 bits per heavy atom. The maximum Gasteiger partial charge on any atom is 0.303 e. The fraction of sp³-hybridized carbons (Fsp3) is 0.733. The molecule has 1 heterocycles. The molecule has 1 aliphatic heterocycles. The lowest BCUT2D eigenvalue weighted by Crippen LogP contribution is -2.38. The summed E-state index contributed by atoms with van der Waals surface area (Å²) < 4.78 is 0. The fourth-order valence-corrected chi connectivity index (χ4v) is 2.96. The molecule has 114 valence electrons. The minimum absolute atomic E-state index is 0.0108. The van der Waals surface area contributed by atoms with Gasteiger partial charge in [0.15, 0.2) is 5.66 Å². The third-order valence-corrected chi connectivity index (χ3v) is 4.25. The van der Waals surface area contributed by atoms with Gasteiger partial charge in [0.05, 0.1) is 6.42 Å². The summed E-state index contributed by atoms with van der Waals surface area (Å²) in [6.45, 7) is 0. The van der Waals surface area contributed by atoms with Crippen LogP contribution in [0.1, 0.15) is 51.4 Å². The van der Waals surface area contributed by atoms with E-state index in [1.165, 1.54) is 0 Å². The molecule has 0 aromatic carbocycles. The third-order valence-electron chi connectivity index (χ3n) is 4.25. The molecule has 0 aromatic heterocycles. The molecule has 6 nitrogen and oxygen atoms in total. The number of terminal acetylenes is 1. The number of amides is 1. The number of carbonyl (C=O) groups is 2. The molecule has 1 amide bonds. The Kier molecular flexibility index (Phi) is 4.94. The van der Waals surface area contributed by atoms with Crippen molar-refractivity contribution < 1.29 is 14.7 Å². The predicted molar refractivity (Wildman–Crippen MR) is 76.4 cm³/mol. The van der Waals surface area contributed by atoms with Crippen LogP contribution in [0.4, 0.5) is 0 Å². The molecule has 0 unspecified atom stereocenters. The van der Waals surface area contributed by atoms with Crippen LogP contribution >= 0.6 is 0 Å². The molecule has 1 aliphatic carbocycles. The highest BCUT2D eigenvalue weighted by molar-refractivity contribution is 5.76. The highest BCUT2D eigenvalue weighted by Crippen LogP contribution is 2.37. The van der Waals surface area contributed by atoms with E-state index in [4.69, 9.17) is 11.5 Å². The van der Waals surface area contributed by atoms with Crippen LogP contribution in [0.3, 0.4) is 0 Å². The van der Waals surface area contributed by atoms with Crippen molar-refractivity contribution in [2.45, 2.75) is 63.1 Å². The van der Waals surface area contributed by atoms with Gasteiger partial charge in [-0.3, -0.25) is 9.59 Å². The molecule has 0 saturated heterocycles. The van der Waals surface area contributed by atoms with Gasteiger partial charge in [0, 0.05) is 31.7 Å². The van der Waals surface area contributed by atoms with Crippen LogP contribution in [0.25, 0.3) is 0 Å². The van der Waals surface area contributed by atoms with Crippen molar-refractivity contribution in [1.82, 2.24) is 5.32 Å². The number of hydrogen-bond acceptors (Lipinski definition) is 4. The average molecular weight is 291 g/mol. The summed E-state index contributed by atoms with van der Waals surface area (Å²) >= 11 is 0. The Balaban J connectivity index is 1.72. The molecular weight excluding hydrogens is 270 g/mol. The van der Waals surface area contributed by atoms with Gasteiger partial charge in [-0.05, 0) is 18.8 Å². The zero-order valence-corrected chi connectivity index (χ0v) is 12.0. The molecule has 0 radical (unpaired) electrons. The van der Waals surface area contributed by atoms with Gasteiger partial charge in [-0.2, -0.15) is 10.2 Å². The van der Waals surface area contributed by atoms with Crippen LogP contribution in [0.5, 0.6) is 0 Å². The van der Waals surface area contributed by atoms with Crippen molar-refractivity contribution >= 4 is 11.9 Å². The van der Waals surface area contributed by atoms with Gasteiger partial charge in [0.2, 0.25) is 5.91 Å². The smallest absolute Gasteiger partial charge is 0.303 e. The van der Waals surface area contributed by atoms with Crippen LogP contribution < -0.4 is 5.32 Å². The zero-order valence-electron chi connectivity index (χ0n) is 12.0. The summed E-state index contributed by atoms with van der Waals surface area (Å²) in [5, 5.41) is 19.8. The van der Waals surface area contributed by atoms with Gasteiger partial charge in [-0.25, -0.2) is 0 Å². The summed E-state index contributed by atoms with van der Waals surface area (Å²) in [5.74, 6) is 1.76. The van der Waals surface area contributed by atoms with E-state index in [0.717, 1.165) is 19.3 Å². The first kappa shape index (κ1) is 15.5. The monoisotopic (exact) mass is 291 g/mol. The number of carbonyl (C=O) groups excluding carboxylic acids is 1. The summed E-state index contributed by atoms with van der Waals surface area (Å²) in [6, 6.07) is -0.0108. The van der Waals surface area contributed by atoms with Crippen molar-refractivity contribution in [2.75, 3.05) is 0 Å². The van der Waals surface area contributed by atoms with Crippen LogP contribution in [0, 0.1) is 18.3 Å². The van der Waals surface area contributed by atoms with Crippen molar-refractivity contribution in [3.05, 3.63) is 0 Å². The van der Waals surface area contributed by atoms with E-state index in [-0.39, 0.29) is 24.3 Å². The molecule has 2 N–H and O–H groups in total. The van der Waals surface area contributed by atoms with Gasteiger partial charge >= 0.3 is 5.97 Å². The number of rotatable bonds is 8. The molecule has 2 rings (SSSR count). The SMILES string of the molecule is C#CCCC1(CCC(=O)N[C@@H]2CCC[C@H]2CC(=O)O)N=N1. The Labute approximate surface area is 124 Å². The van der Waals surface area contributed by atoms with Crippen molar-refractivity contribution in [3.63, 3.8) is 0 Å². The Bertz CT molecular complexity index is 475. The zero-order chi connectivity index (χ0) is 15.3. The second kappa shape index (κ2) is 6.70. The number of nitrogens with zero attached hydrogens (tertiary/aromatic N) is 2. The highest BCUT2D eigenvalue weighted by atomic mass is 16.4. The third kappa shape index (κ3) is 4.55. The molecule has 2 aliphatic rings. The molecule has 0 spiro atoms. The van der Waals surface area contributed by atoms with E-state index >= 15 is 0 Å². The summed E-state index contributed by atoms with van der Waals surface area (Å²) in [7, 11) is 0. The van der Waals surface area contributed by atoms with Crippen LogP contribution in [-0.2, 0) is 9.59 Å². The molecule has 1 saturated carbocycles. The summed E-state index contributed by atoms with van der Waals surface area (Å²) in [6.07, 6.45) is 10.3. The maximum atomic E-state index is 12.0. The number of carboxylic acid groups (broad SMARTS) is 1. The molecule has 1 fully saturated rings. The number of aliphatic carboxylic acids is 1. The van der Waals surface area contributed by atoms with E-state index in [1.807, 2.05) is 0 Å². The lowest BCUT2D eigenvalue weighted by Gasteiger charge is -2.20. The van der Waals surface area contributed by atoms with Crippen molar-refractivity contribution in [3.8, 4) is 12.3 Å². The van der Waals surface area contributed by atoms with Crippen molar-refractivity contribution in [1.29, 1.82) is 0 Å². The predicted octanol–water partition coefficient (Wildman–Crippen LogP) is 2.10. The van der Waals surface area contributed by atoms with Gasteiger partial charge < -0.3 is 10.4 Å². The Hall–Kier alpha value is -1.90. The average Bonchev–Trinajstić information content (AvgIpc) is 3.10. The molecule has 2 atom stereocenters. The van der Waals surface area contributed by atoms with Crippen molar-refractivity contribution in [2.24, 2.45) is 16.1 Å². The van der Waals surface area contributed by atoms with Gasteiger partial charge in [0.25, 0.3) is 0 Å². The Morgan fingerprint density at radius 2 is 2.10 bits per heavy atom. The number of carboxylic acids is 1. The quantitative estimate of drug-likeness (QED) is 0.671. The second-order valence-corrected chi connectivity index (χ2v) is 5.85. The van der Waals surface area contributed by atoms with Crippen LogP contribution in [0.15, 0.2) is 10.2 Å². The lowest BCUT2D eigenvalue weighted by atomic mass is 9.98. The van der Waals surface area contributed by atoms with Crippen LogP contribution in [0.2, 0.25) is 0 Å². The highest BCUT2D eigenvalue weighted by Gasteiger charge is 2.39. The first-order valence-electron chi connectivity index (χ1n) is 7.43. The molecule has 6 heteroatoms. The maximum absolute atomic E-state index is 12.0. The normalized spacial score (nSPS) is 25.3. The largest absolute Gasteiger partial charge is 0.481 e. The van der Waals surface area contributed by atoms with E-state index < -0.39 is 11.6 Å². The topological polar surface area (TPSA) is 91.1 Å². The van der Waals surface area contributed by atoms with E-state index in [1.54, 1.807) is 0 Å². The molecular formula is C15H21N3O3. The lowest BCUT2D eigenvalue weighted by molar-refractivity contribution is -0.138. The summed E-state index contributed by atoms with van der Waals surface area (Å²) in [4.78, 5) is 22.8. The standard InChI is InChI=1S/C15H21N3O3/c1-2-3-8-15(17-18-15)9-7-13(19)16-12-6-4-5-11(12)10-14(20)21/h1,11-12H,3-10H2,(H,16,19)(H,20,21)/t11-,12+/m0/s1.